The average molecular weight is 410 g/mol. The number of carbonyl (C=O) groups is 1. The summed E-state index contributed by atoms with van der Waals surface area (Å²) < 4.78 is 13.5. The molecule has 1 amide bonds. The molecule has 6 nitrogen and oxygen atoms in total. The second-order valence-electron chi connectivity index (χ2n) is 7.74. The first-order valence-corrected chi connectivity index (χ1v) is 10.3. The van der Waals surface area contributed by atoms with Crippen molar-refractivity contribution in [3.05, 3.63) is 65.3 Å². The molecule has 0 aliphatic heterocycles. The number of methoxy groups -OCH3 is 1. The van der Waals surface area contributed by atoms with E-state index in [4.69, 9.17) is 14.5 Å². The zero-order valence-corrected chi connectivity index (χ0v) is 18.5. The van der Waals surface area contributed by atoms with Crippen molar-refractivity contribution in [2.75, 3.05) is 27.3 Å². The highest BCUT2D eigenvalue weighted by molar-refractivity contribution is 5.86. The van der Waals surface area contributed by atoms with Crippen LogP contribution in [-0.4, -0.2) is 53.8 Å². The van der Waals surface area contributed by atoms with Crippen molar-refractivity contribution < 1.29 is 14.3 Å². The fourth-order valence-electron chi connectivity index (χ4n) is 3.54. The van der Waals surface area contributed by atoms with E-state index in [1.165, 1.54) is 5.56 Å². The summed E-state index contributed by atoms with van der Waals surface area (Å²) in [6, 6.07) is 10.3. The first kappa shape index (κ1) is 21.8. The van der Waals surface area contributed by atoms with Gasteiger partial charge in [-0.1, -0.05) is 36.4 Å². The number of rotatable bonds is 8. The number of benzene rings is 1. The van der Waals surface area contributed by atoms with Crippen LogP contribution in [0.3, 0.4) is 0 Å². The third-order valence-corrected chi connectivity index (χ3v) is 5.38. The van der Waals surface area contributed by atoms with Crippen molar-refractivity contribution >= 4 is 17.7 Å². The molecule has 1 aromatic heterocycles. The van der Waals surface area contributed by atoms with E-state index in [2.05, 4.69) is 12.1 Å². The molecule has 1 aromatic carbocycles. The Labute approximate surface area is 178 Å². The summed E-state index contributed by atoms with van der Waals surface area (Å²) in [6.07, 6.45) is 6.50. The highest BCUT2D eigenvalue weighted by atomic mass is 16.5. The summed E-state index contributed by atoms with van der Waals surface area (Å²) in [5.41, 5.74) is 2.93. The molecular weight excluding hydrogens is 378 g/mol. The van der Waals surface area contributed by atoms with Gasteiger partial charge in [-0.2, -0.15) is 0 Å². The smallest absolute Gasteiger partial charge is 0.233 e. The Morgan fingerprint density at radius 2 is 2.03 bits per heavy atom. The first-order valence-electron chi connectivity index (χ1n) is 10.3. The average Bonchev–Trinajstić information content (AvgIpc) is 2.91. The van der Waals surface area contributed by atoms with Gasteiger partial charge in [-0.05, 0) is 31.6 Å². The Morgan fingerprint density at radius 3 is 2.73 bits per heavy atom. The van der Waals surface area contributed by atoms with Gasteiger partial charge in [0.15, 0.2) is 0 Å². The summed E-state index contributed by atoms with van der Waals surface area (Å²) in [4.78, 5) is 19.4. The van der Waals surface area contributed by atoms with Gasteiger partial charge < -0.3 is 18.9 Å². The minimum atomic E-state index is -0.416. The Kier molecular flexibility index (Phi) is 7.11. The molecule has 6 heteroatoms. The lowest BCUT2D eigenvalue weighted by Crippen LogP contribution is -2.34. The molecule has 1 aliphatic rings. The lowest BCUT2D eigenvalue weighted by molar-refractivity contribution is -0.131. The molecule has 1 aliphatic carbocycles. The Hall–Kier alpha value is -2.86. The van der Waals surface area contributed by atoms with Crippen molar-refractivity contribution in [3.63, 3.8) is 0 Å². The number of amides is 1. The topological polar surface area (TPSA) is 56.6 Å². The van der Waals surface area contributed by atoms with Gasteiger partial charge in [-0.15, -0.1) is 0 Å². The molecular formula is C24H31N3O3. The minimum Gasteiger partial charge on any atom is -0.488 e. The van der Waals surface area contributed by atoms with Gasteiger partial charge >= 0.3 is 0 Å². The van der Waals surface area contributed by atoms with Crippen LogP contribution in [-0.2, 0) is 27.7 Å². The number of aryl methyl sites for hydroxylation is 1. The molecule has 0 N–H and O–H groups in total. The Balaban J connectivity index is 1.87. The van der Waals surface area contributed by atoms with Crippen molar-refractivity contribution in [1.29, 1.82) is 0 Å². The van der Waals surface area contributed by atoms with Crippen LogP contribution in [0.5, 0.6) is 0 Å². The molecule has 2 aromatic rings. The number of aromatic nitrogens is 2. The first-order chi connectivity index (χ1) is 14.4. The predicted molar refractivity (Wildman–Crippen MR) is 119 cm³/mol. The molecule has 0 fully saturated rings. The number of carbonyl (C=O) groups excluding carboxylic acids is 1. The van der Waals surface area contributed by atoms with E-state index >= 15 is 0 Å². The van der Waals surface area contributed by atoms with Gasteiger partial charge in [0.2, 0.25) is 5.91 Å². The quantitative estimate of drug-likeness (QED) is 0.670. The monoisotopic (exact) mass is 409 g/mol. The zero-order chi connectivity index (χ0) is 21.7. The number of imidazole rings is 1. The van der Waals surface area contributed by atoms with Gasteiger partial charge in [0.1, 0.15) is 23.4 Å². The van der Waals surface area contributed by atoms with Crippen LogP contribution in [0.4, 0.5) is 0 Å². The third-order valence-electron chi connectivity index (χ3n) is 5.38. The van der Waals surface area contributed by atoms with E-state index < -0.39 is 5.92 Å². The van der Waals surface area contributed by atoms with Crippen molar-refractivity contribution in [1.82, 2.24) is 14.5 Å². The lowest BCUT2D eigenvalue weighted by atomic mass is 10.1. The number of hydrogen-bond donors (Lipinski definition) is 0. The van der Waals surface area contributed by atoms with Crippen LogP contribution >= 0.6 is 0 Å². The number of nitrogens with zero attached hydrogens (tertiary/aromatic N) is 3. The molecule has 0 radical (unpaired) electrons. The second kappa shape index (κ2) is 9.76. The summed E-state index contributed by atoms with van der Waals surface area (Å²) in [7, 11) is 5.40. The second-order valence-corrected chi connectivity index (χ2v) is 7.74. The fraction of sp³-hybridized carbons (Fsp3) is 0.417. The summed E-state index contributed by atoms with van der Waals surface area (Å²) in [6.45, 7) is 5.05. The normalized spacial score (nSPS) is 16.4. The molecule has 2 unspecified atom stereocenters. The number of likely N-dealkylation sites (N-methyl/N-ethyl adjacent to an activating group) is 1. The van der Waals surface area contributed by atoms with E-state index in [1.807, 2.05) is 61.9 Å². The van der Waals surface area contributed by atoms with Gasteiger partial charge in [0.05, 0.1) is 18.2 Å². The third kappa shape index (κ3) is 5.00. The molecule has 160 valence electrons. The summed E-state index contributed by atoms with van der Waals surface area (Å²) >= 11 is 0. The fourth-order valence-corrected chi connectivity index (χ4v) is 3.54. The molecule has 0 bridgehead atoms. The van der Waals surface area contributed by atoms with Crippen LogP contribution in [0.1, 0.15) is 29.7 Å². The maximum Gasteiger partial charge on any atom is 0.233 e. The van der Waals surface area contributed by atoms with E-state index in [1.54, 1.807) is 19.1 Å². The highest BCUT2D eigenvalue weighted by Gasteiger charge is 2.26. The van der Waals surface area contributed by atoms with Gasteiger partial charge in [-0.3, -0.25) is 4.79 Å². The number of ether oxygens (including phenoxy) is 2. The van der Waals surface area contributed by atoms with E-state index in [-0.39, 0.29) is 12.0 Å². The highest BCUT2D eigenvalue weighted by Crippen LogP contribution is 2.29. The number of hydrogen-bond acceptors (Lipinski definition) is 4. The zero-order valence-electron chi connectivity index (χ0n) is 18.5. The molecule has 1 heterocycles. The van der Waals surface area contributed by atoms with Crippen molar-refractivity contribution in [2.24, 2.45) is 13.0 Å². The predicted octanol–water partition coefficient (Wildman–Crippen LogP) is 3.47. The largest absolute Gasteiger partial charge is 0.488 e. The Bertz CT molecular complexity index is 931. The standard InChI is InChI=1S/C24H31N3O3/c1-17(15-19-9-7-6-8-10-19)30-22-16-20(24(28)26(3)13-14-29-5)11-12-21-23(22)25-18(2)27(21)4/h6-12,16-17,20H,13-15H2,1-5H3. The van der Waals surface area contributed by atoms with Crippen molar-refractivity contribution in [2.45, 2.75) is 26.4 Å². The van der Waals surface area contributed by atoms with Crippen LogP contribution in [0.2, 0.25) is 0 Å². The van der Waals surface area contributed by atoms with Crippen LogP contribution < -0.4 is 0 Å². The van der Waals surface area contributed by atoms with E-state index in [9.17, 15) is 4.79 Å². The van der Waals surface area contributed by atoms with E-state index in [0.717, 1.165) is 23.6 Å². The lowest BCUT2D eigenvalue weighted by Gasteiger charge is -2.21. The maximum atomic E-state index is 13.0. The van der Waals surface area contributed by atoms with Gasteiger partial charge in [0.25, 0.3) is 0 Å². The Morgan fingerprint density at radius 1 is 1.30 bits per heavy atom. The molecule has 30 heavy (non-hydrogen) atoms. The van der Waals surface area contributed by atoms with Crippen molar-refractivity contribution in [3.8, 4) is 0 Å². The van der Waals surface area contributed by atoms with E-state index in [0.29, 0.717) is 18.9 Å². The minimum absolute atomic E-state index is 0.00430. The van der Waals surface area contributed by atoms with Gasteiger partial charge in [-0.25, -0.2) is 4.98 Å². The molecule has 0 saturated heterocycles. The number of fused-ring (bicyclic) bond motifs is 1. The SMILES string of the molecule is COCCN(C)C(=O)C1C=Cc2c(nc(C)n2C)C(OC(C)Cc2ccccc2)=C1. The molecule has 2 atom stereocenters. The molecule has 3 rings (SSSR count). The molecule has 0 saturated carbocycles. The summed E-state index contributed by atoms with van der Waals surface area (Å²) in [5.74, 6) is 1.14. The molecule has 0 spiro atoms. The van der Waals surface area contributed by atoms with Crippen LogP contribution in [0.15, 0.2) is 42.5 Å². The maximum absolute atomic E-state index is 13.0. The van der Waals surface area contributed by atoms with Crippen LogP contribution in [0, 0.1) is 12.8 Å². The van der Waals surface area contributed by atoms with Gasteiger partial charge in [0, 0.05) is 34.2 Å². The summed E-state index contributed by atoms with van der Waals surface area (Å²) in [5, 5.41) is 0. The van der Waals surface area contributed by atoms with Crippen LogP contribution in [0.25, 0.3) is 11.8 Å².